The highest BCUT2D eigenvalue weighted by molar-refractivity contribution is 6.46. The molecule has 4 aromatic rings. The molecule has 6 nitrogen and oxygen atoms in total. The van der Waals surface area contributed by atoms with Gasteiger partial charge in [0.15, 0.2) is 0 Å². The van der Waals surface area contributed by atoms with E-state index in [2.05, 4.69) is 4.98 Å². The molecule has 1 fully saturated rings. The van der Waals surface area contributed by atoms with Gasteiger partial charge in [0, 0.05) is 30.1 Å². The fourth-order valence-electron chi connectivity index (χ4n) is 4.58. The van der Waals surface area contributed by atoms with Crippen LogP contribution in [0.1, 0.15) is 33.9 Å². The molecule has 1 aliphatic heterocycles. The van der Waals surface area contributed by atoms with Crippen LogP contribution in [0.25, 0.3) is 5.76 Å². The summed E-state index contributed by atoms with van der Waals surface area (Å²) >= 11 is 0. The van der Waals surface area contributed by atoms with Crippen LogP contribution in [0.2, 0.25) is 0 Å². The highest BCUT2D eigenvalue weighted by Gasteiger charge is 2.46. The van der Waals surface area contributed by atoms with Crippen molar-refractivity contribution in [3.05, 3.63) is 137 Å². The molecule has 190 valence electrons. The van der Waals surface area contributed by atoms with E-state index < -0.39 is 23.5 Å². The number of amides is 1. The molecule has 1 aliphatic rings. The summed E-state index contributed by atoms with van der Waals surface area (Å²) in [6.07, 6.45) is 3.17. The number of hydrogen-bond acceptors (Lipinski definition) is 5. The molecular formula is C31H25FN2O4. The van der Waals surface area contributed by atoms with Crippen LogP contribution in [0.5, 0.6) is 5.75 Å². The van der Waals surface area contributed by atoms with Gasteiger partial charge in [0.05, 0.1) is 11.6 Å². The van der Waals surface area contributed by atoms with Crippen molar-refractivity contribution in [2.45, 2.75) is 26.1 Å². The van der Waals surface area contributed by atoms with Gasteiger partial charge in [0.25, 0.3) is 11.7 Å². The van der Waals surface area contributed by atoms with Gasteiger partial charge in [-0.2, -0.15) is 0 Å². The SMILES string of the molecule is Cc1cccc(COc2ccc(/C(O)=C3/C(=O)C(=O)N(Cc4cccnc4)C3c3ccccc3F)cc2)c1. The zero-order chi connectivity index (χ0) is 26.6. The van der Waals surface area contributed by atoms with Crippen LogP contribution in [-0.2, 0) is 22.7 Å². The van der Waals surface area contributed by atoms with Gasteiger partial charge < -0.3 is 14.7 Å². The van der Waals surface area contributed by atoms with Crippen LogP contribution in [0.4, 0.5) is 4.39 Å². The minimum atomic E-state index is -1.10. The Morgan fingerprint density at radius 1 is 0.974 bits per heavy atom. The van der Waals surface area contributed by atoms with Crippen molar-refractivity contribution in [3.8, 4) is 5.75 Å². The first-order chi connectivity index (χ1) is 18.4. The van der Waals surface area contributed by atoms with E-state index in [0.717, 1.165) is 11.1 Å². The van der Waals surface area contributed by atoms with E-state index in [1.807, 2.05) is 31.2 Å². The van der Waals surface area contributed by atoms with Crippen molar-refractivity contribution in [1.29, 1.82) is 0 Å². The Balaban J connectivity index is 1.48. The first kappa shape index (κ1) is 24.9. The van der Waals surface area contributed by atoms with E-state index >= 15 is 0 Å². The van der Waals surface area contributed by atoms with E-state index in [-0.39, 0.29) is 23.4 Å². The molecule has 1 unspecified atom stereocenters. The summed E-state index contributed by atoms with van der Waals surface area (Å²) in [7, 11) is 0. The monoisotopic (exact) mass is 508 g/mol. The highest BCUT2D eigenvalue weighted by Crippen LogP contribution is 2.41. The quantitative estimate of drug-likeness (QED) is 0.196. The average Bonchev–Trinajstić information content (AvgIpc) is 3.17. The lowest BCUT2D eigenvalue weighted by atomic mass is 9.94. The van der Waals surface area contributed by atoms with Gasteiger partial charge in [0.2, 0.25) is 0 Å². The van der Waals surface area contributed by atoms with Gasteiger partial charge >= 0.3 is 0 Å². The number of hydrogen-bond donors (Lipinski definition) is 1. The summed E-state index contributed by atoms with van der Waals surface area (Å²) in [4.78, 5) is 31.6. The molecule has 0 aliphatic carbocycles. The smallest absolute Gasteiger partial charge is 0.295 e. The zero-order valence-corrected chi connectivity index (χ0v) is 20.7. The van der Waals surface area contributed by atoms with Crippen LogP contribution < -0.4 is 4.74 Å². The summed E-state index contributed by atoms with van der Waals surface area (Å²) in [5.41, 5.74) is 3.10. The molecular weight excluding hydrogens is 483 g/mol. The number of aliphatic hydroxyl groups is 1. The maximum Gasteiger partial charge on any atom is 0.295 e. The maximum absolute atomic E-state index is 15.0. The van der Waals surface area contributed by atoms with Crippen LogP contribution in [0.15, 0.2) is 103 Å². The second-order valence-corrected chi connectivity index (χ2v) is 9.11. The lowest BCUT2D eigenvalue weighted by molar-refractivity contribution is -0.140. The highest BCUT2D eigenvalue weighted by atomic mass is 19.1. The van der Waals surface area contributed by atoms with Crippen molar-refractivity contribution in [1.82, 2.24) is 9.88 Å². The Morgan fingerprint density at radius 3 is 2.45 bits per heavy atom. The molecule has 1 amide bonds. The van der Waals surface area contributed by atoms with Gasteiger partial charge in [-0.15, -0.1) is 0 Å². The number of aliphatic hydroxyl groups excluding tert-OH is 1. The first-order valence-corrected chi connectivity index (χ1v) is 12.1. The Kier molecular flexibility index (Phi) is 7.00. The molecule has 1 aromatic heterocycles. The zero-order valence-electron chi connectivity index (χ0n) is 20.7. The summed E-state index contributed by atoms with van der Waals surface area (Å²) < 4.78 is 20.8. The number of nitrogens with zero attached hydrogens (tertiary/aromatic N) is 2. The second-order valence-electron chi connectivity index (χ2n) is 9.11. The lowest BCUT2D eigenvalue weighted by Gasteiger charge is -2.25. The van der Waals surface area contributed by atoms with E-state index in [4.69, 9.17) is 4.74 Å². The van der Waals surface area contributed by atoms with E-state index in [1.165, 1.54) is 23.1 Å². The molecule has 38 heavy (non-hydrogen) atoms. The molecule has 1 atom stereocenters. The van der Waals surface area contributed by atoms with E-state index in [0.29, 0.717) is 23.5 Å². The molecule has 7 heteroatoms. The number of carbonyl (C=O) groups excluding carboxylic acids is 2. The number of benzene rings is 3. The predicted molar refractivity (Wildman–Crippen MR) is 140 cm³/mol. The fourth-order valence-corrected chi connectivity index (χ4v) is 4.58. The topological polar surface area (TPSA) is 79.7 Å². The minimum Gasteiger partial charge on any atom is -0.507 e. The fraction of sp³-hybridized carbons (Fsp3) is 0.129. The van der Waals surface area contributed by atoms with Crippen LogP contribution in [0.3, 0.4) is 0 Å². The van der Waals surface area contributed by atoms with Crippen molar-refractivity contribution >= 4 is 17.4 Å². The molecule has 2 heterocycles. The third kappa shape index (κ3) is 5.04. The third-order valence-electron chi connectivity index (χ3n) is 6.43. The van der Waals surface area contributed by atoms with Gasteiger partial charge in [0.1, 0.15) is 23.9 Å². The number of ether oxygens (including phenoxy) is 1. The molecule has 3 aromatic carbocycles. The van der Waals surface area contributed by atoms with E-state index in [9.17, 15) is 19.1 Å². The number of Topliss-reactive ketones (excluding diaryl/α,β-unsaturated/α-hetero) is 1. The van der Waals surface area contributed by atoms with Gasteiger partial charge in [-0.05, 0) is 54.4 Å². The second kappa shape index (κ2) is 10.7. The van der Waals surface area contributed by atoms with Crippen LogP contribution in [-0.4, -0.2) is 26.7 Å². The maximum atomic E-state index is 15.0. The molecule has 0 spiro atoms. The predicted octanol–water partition coefficient (Wildman–Crippen LogP) is 5.73. The normalized spacial score (nSPS) is 16.6. The van der Waals surface area contributed by atoms with Crippen molar-refractivity contribution in [2.75, 3.05) is 0 Å². The largest absolute Gasteiger partial charge is 0.507 e. The number of rotatable bonds is 7. The summed E-state index contributed by atoms with van der Waals surface area (Å²) in [5, 5.41) is 11.2. The number of carbonyl (C=O) groups is 2. The number of aryl methyl sites for hydroxylation is 1. The van der Waals surface area contributed by atoms with Crippen molar-refractivity contribution < 1.29 is 23.8 Å². The molecule has 1 saturated heterocycles. The third-order valence-corrected chi connectivity index (χ3v) is 6.43. The molecule has 0 bridgehead atoms. The molecule has 5 rings (SSSR count). The molecule has 1 N–H and O–H groups in total. The number of ketones is 1. The number of pyridine rings is 1. The minimum absolute atomic E-state index is 0.0277. The summed E-state index contributed by atoms with van der Waals surface area (Å²) in [6.45, 7) is 2.41. The Hall–Kier alpha value is -4.78. The van der Waals surface area contributed by atoms with Crippen LogP contribution in [0, 0.1) is 12.7 Å². The Morgan fingerprint density at radius 2 is 1.74 bits per heavy atom. The summed E-state index contributed by atoms with van der Waals surface area (Å²) in [6, 6.07) is 22.9. The van der Waals surface area contributed by atoms with Crippen LogP contribution >= 0.6 is 0 Å². The molecule has 0 saturated carbocycles. The Bertz CT molecular complexity index is 1520. The number of halogens is 1. The van der Waals surface area contributed by atoms with Gasteiger partial charge in [-0.3, -0.25) is 14.6 Å². The lowest BCUT2D eigenvalue weighted by Crippen LogP contribution is -2.29. The standard InChI is InChI=1S/C31H25FN2O4/c1-20-6-4-7-21(16-20)19-38-24-13-11-23(12-14-24)29(35)27-28(25-9-2-3-10-26(25)32)34(31(37)30(27)36)18-22-8-5-15-33-17-22/h2-17,28,35H,18-19H2,1H3/b29-27-. The average molecular weight is 509 g/mol. The van der Waals surface area contributed by atoms with E-state index in [1.54, 1.807) is 54.9 Å². The van der Waals surface area contributed by atoms with Gasteiger partial charge in [-0.1, -0.05) is 54.1 Å². The first-order valence-electron chi connectivity index (χ1n) is 12.1. The molecule has 0 radical (unpaired) electrons. The van der Waals surface area contributed by atoms with Crippen molar-refractivity contribution in [2.24, 2.45) is 0 Å². The Labute approximate surface area is 219 Å². The number of aromatic nitrogens is 1. The summed E-state index contributed by atoms with van der Waals surface area (Å²) in [5.74, 6) is -2.08. The number of likely N-dealkylation sites (tertiary alicyclic amines) is 1. The van der Waals surface area contributed by atoms with Gasteiger partial charge in [-0.25, -0.2) is 4.39 Å². The van der Waals surface area contributed by atoms with Crippen molar-refractivity contribution in [3.63, 3.8) is 0 Å².